The minimum atomic E-state index is -3.55. The molecule has 0 unspecified atom stereocenters. The van der Waals surface area contributed by atoms with Crippen LogP contribution < -0.4 is 4.57 Å². The Balaban J connectivity index is 1.88. The first-order valence-corrected chi connectivity index (χ1v) is 8.53. The topological polar surface area (TPSA) is 3.88 Å². The number of aromatic nitrogens is 1. The van der Waals surface area contributed by atoms with Crippen molar-refractivity contribution in [1.29, 1.82) is 0 Å². The second-order valence-electron chi connectivity index (χ2n) is 6.31. The van der Waals surface area contributed by atoms with Gasteiger partial charge >= 0.3 is 0 Å². The van der Waals surface area contributed by atoms with Crippen molar-refractivity contribution in [3.63, 3.8) is 0 Å². The van der Waals surface area contributed by atoms with E-state index in [2.05, 4.69) is 0 Å². The van der Waals surface area contributed by atoms with Crippen LogP contribution in [0.15, 0.2) is 66.9 Å². The molecule has 1 heterocycles. The molecule has 0 spiro atoms. The lowest BCUT2D eigenvalue weighted by atomic mass is 9.83. The van der Waals surface area contributed by atoms with Crippen LogP contribution in [-0.2, 0) is 7.05 Å². The van der Waals surface area contributed by atoms with E-state index in [-0.39, 0.29) is 5.56 Å². The summed E-state index contributed by atoms with van der Waals surface area (Å²) in [6.45, 7) is 2.01. The third kappa shape index (κ3) is 3.44. The molecule has 2 aromatic carbocycles. The molecule has 1 heteroatoms. The molecule has 1 nitrogen and oxygen atoms in total. The molecule has 0 bridgehead atoms. The Morgan fingerprint density at radius 2 is 1.73 bits per heavy atom. The molecule has 1 aliphatic rings. The zero-order valence-electron chi connectivity index (χ0n) is 25.8. The highest BCUT2D eigenvalue weighted by Gasteiger charge is 2.17. The van der Waals surface area contributed by atoms with Crippen molar-refractivity contribution in [2.45, 2.75) is 44.7 Å². The van der Waals surface area contributed by atoms with E-state index in [0.29, 0.717) is 11.1 Å². The van der Waals surface area contributed by atoms with Gasteiger partial charge in [-0.2, -0.15) is 0 Å². The number of benzene rings is 2. The molecular formula is C25H28N+. The summed E-state index contributed by atoms with van der Waals surface area (Å²) < 4.78 is 94.0. The maximum Gasteiger partial charge on any atom is 0.212 e. The number of rotatable bonds is 3. The lowest BCUT2D eigenvalue weighted by Crippen LogP contribution is -2.30. The first-order valence-electron chi connectivity index (χ1n) is 14.0. The Hall–Kier alpha value is -2.41. The van der Waals surface area contributed by atoms with Gasteiger partial charge in [0.15, 0.2) is 6.20 Å². The average molecular weight is 354 g/mol. The van der Waals surface area contributed by atoms with E-state index in [1.807, 2.05) is 61.1 Å². The van der Waals surface area contributed by atoms with Crippen LogP contribution in [0.5, 0.6) is 0 Å². The summed E-state index contributed by atoms with van der Waals surface area (Å²) in [5, 5.41) is 0. The molecule has 26 heavy (non-hydrogen) atoms. The van der Waals surface area contributed by atoms with Gasteiger partial charge in [-0.05, 0) is 54.4 Å². The second kappa shape index (κ2) is 7.45. The Labute approximate surface area is 172 Å². The van der Waals surface area contributed by atoms with Crippen molar-refractivity contribution >= 4 is 0 Å². The van der Waals surface area contributed by atoms with E-state index in [1.165, 1.54) is 18.2 Å². The molecule has 0 aliphatic heterocycles. The largest absolute Gasteiger partial charge is 0.212 e. The van der Waals surface area contributed by atoms with Gasteiger partial charge < -0.3 is 0 Å². The van der Waals surface area contributed by atoms with E-state index >= 15 is 0 Å². The fourth-order valence-corrected chi connectivity index (χ4v) is 3.17. The van der Waals surface area contributed by atoms with Crippen LogP contribution >= 0.6 is 0 Å². The van der Waals surface area contributed by atoms with Crippen molar-refractivity contribution in [2.75, 3.05) is 0 Å². The van der Waals surface area contributed by atoms with Gasteiger partial charge in [0.2, 0.25) is 5.69 Å². The lowest BCUT2D eigenvalue weighted by molar-refractivity contribution is -0.659. The summed E-state index contributed by atoms with van der Waals surface area (Å²) in [5.74, 6) is -3.11. The fraction of sp³-hybridized carbons (Fsp3) is 0.320. The number of aryl methyl sites for hydroxylation is 2. The van der Waals surface area contributed by atoms with E-state index in [9.17, 15) is 0 Å². The van der Waals surface area contributed by atoms with Crippen molar-refractivity contribution < 1.29 is 19.6 Å². The van der Waals surface area contributed by atoms with Crippen molar-refractivity contribution in [2.24, 2.45) is 7.05 Å². The lowest BCUT2D eigenvalue weighted by Gasteiger charge is -2.22. The number of hydrogen-bond donors (Lipinski definition) is 0. The van der Waals surface area contributed by atoms with Crippen LogP contribution in [0.4, 0.5) is 0 Å². The number of pyridine rings is 1. The standard InChI is InChI=1S/C25H28N/c1-19-9-6-7-14-24(19)25-16-15-23(18-26(25)2)22-13-8-12-21(17-22)20-10-4-3-5-11-20/h6-9,12-18,20H,3-5,10-11H2,1-2H3/q+1/i3D2,4D2,5D2,10D2,11D2,20D. The van der Waals surface area contributed by atoms with Gasteiger partial charge in [0.05, 0.1) is 0 Å². The zero-order chi connectivity index (χ0) is 27.8. The van der Waals surface area contributed by atoms with Crippen LogP contribution in [0, 0.1) is 6.92 Å². The van der Waals surface area contributed by atoms with Crippen LogP contribution in [0.3, 0.4) is 0 Å². The van der Waals surface area contributed by atoms with Crippen molar-refractivity contribution in [1.82, 2.24) is 0 Å². The maximum atomic E-state index is 9.02. The van der Waals surface area contributed by atoms with Crippen LogP contribution in [0.25, 0.3) is 22.4 Å². The predicted molar refractivity (Wildman–Crippen MR) is 109 cm³/mol. The Morgan fingerprint density at radius 3 is 2.50 bits per heavy atom. The van der Waals surface area contributed by atoms with Crippen LogP contribution in [0.1, 0.15) is 64.0 Å². The van der Waals surface area contributed by atoms with Gasteiger partial charge in [0.1, 0.15) is 7.05 Å². The quantitative estimate of drug-likeness (QED) is 0.493. The summed E-state index contributed by atoms with van der Waals surface area (Å²) in [7, 11) is 1.87. The molecule has 0 atom stereocenters. The highest BCUT2D eigenvalue weighted by Crippen LogP contribution is 2.34. The summed E-state index contributed by atoms with van der Waals surface area (Å²) in [6, 6.07) is 17.4. The van der Waals surface area contributed by atoms with Gasteiger partial charge in [-0.3, -0.25) is 0 Å². The minimum Gasteiger partial charge on any atom is -0.200 e. The van der Waals surface area contributed by atoms with Gasteiger partial charge in [-0.1, -0.05) is 61.6 Å². The van der Waals surface area contributed by atoms with E-state index in [0.717, 1.165) is 16.8 Å². The van der Waals surface area contributed by atoms with Crippen LogP contribution in [0.2, 0.25) is 0 Å². The Bertz CT molecular complexity index is 1330. The maximum absolute atomic E-state index is 9.02. The van der Waals surface area contributed by atoms with Gasteiger partial charge in [-0.25, -0.2) is 4.57 Å². The molecule has 0 radical (unpaired) electrons. The molecule has 1 aliphatic carbocycles. The number of hydrogen-bond acceptors (Lipinski definition) is 0. The highest BCUT2D eigenvalue weighted by molar-refractivity contribution is 5.66. The van der Waals surface area contributed by atoms with E-state index in [1.54, 1.807) is 6.07 Å². The van der Waals surface area contributed by atoms with Gasteiger partial charge in [0.25, 0.3) is 0 Å². The predicted octanol–water partition coefficient (Wildman–Crippen LogP) is 6.20. The molecule has 3 aromatic rings. The first kappa shape index (κ1) is 8.52. The first-order chi connectivity index (χ1) is 16.9. The third-order valence-electron chi connectivity index (χ3n) is 4.54. The van der Waals surface area contributed by atoms with Crippen molar-refractivity contribution in [3.05, 3.63) is 78.0 Å². The number of nitrogens with zero attached hydrogens (tertiary/aromatic N) is 1. The normalized spacial score (nSPS) is 32.3. The molecule has 1 fully saturated rings. The Morgan fingerprint density at radius 1 is 0.923 bits per heavy atom. The Kier molecular flexibility index (Phi) is 2.44. The van der Waals surface area contributed by atoms with E-state index < -0.39 is 37.8 Å². The monoisotopic (exact) mass is 353 g/mol. The highest BCUT2D eigenvalue weighted by atomic mass is 14.9. The summed E-state index contributed by atoms with van der Waals surface area (Å²) in [5.41, 5.74) is 3.96. The van der Waals surface area contributed by atoms with Gasteiger partial charge in [-0.15, -0.1) is 0 Å². The second-order valence-corrected chi connectivity index (χ2v) is 6.31. The summed E-state index contributed by atoms with van der Waals surface area (Å²) in [4.78, 5) is 0. The molecule has 0 saturated heterocycles. The average Bonchev–Trinajstić information content (AvgIpc) is 2.82. The molecule has 1 saturated carbocycles. The van der Waals surface area contributed by atoms with Gasteiger partial charge in [0, 0.05) is 32.3 Å². The minimum absolute atomic E-state index is 0.283. The smallest absolute Gasteiger partial charge is 0.200 e. The molecule has 0 N–H and O–H groups in total. The van der Waals surface area contributed by atoms with Crippen molar-refractivity contribution in [3.8, 4) is 22.4 Å². The molecule has 0 amide bonds. The molecular weight excluding hydrogens is 314 g/mol. The summed E-state index contributed by atoms with van der Waals surface area (Å²) in [6.07, 6.45) is -15.6. The fourth-order valence-electron chi connectivity index (χ4n) is 3.17. The molecule has 4 rings (SSSR count). The third-order valence-corrected chi connectivity index (χ3v) is 4.54. The SMILES string of the molecule is [2H]C1([2H])C([2H])([2H])C([2H])([2H])C([2H])(c2cccc(-c3ccc(-c4ccccc4C)[n+](C)c3)c2)C([2H])([2H])C1([2H])[2H]. The van der Waals surface area contributed by atoms with Crippen LogP contribution in [-0.4, -0.2) is 0 Å². The molecule has 132 valence electrons. The summed E-state index contributed by atoms with van der Waals surface area (Å²) >= 11 is 0. The zero-order valence-corrected chi connectivity index (χ0v) is 14.8. The molecule has 1 aromatic heterocycles. The van der Waals surface area contributed by atoms with E-state index in [4.69, 9.17) is 15.1 Å².